The fourth-order valence-electron chi connectivity index (χ4n) is 2.44. The first-order valence-electron chi connectivity index (χ1n) is 6.77. The second-order valence-electron chi connectivity index (χ2n) is 4.90. The van der Waals surface area contributed by atoms with E-state index in [0.717, 1.165) is 16.3 Å². The molecule has 0 amide bonds. The molecule has 21 heavy (non-hydrogen) atoms. The topological polar surface area (TPSA) is 40.9 Å². The highest BCUT2D eigenvalue weighted by Crippen LogP contribution is 2.23. The summed E-state index contributed by atoms with van der Waals surface area (Å²) in [5.74, 6) is -0.915. The van der Waals surface area contributed by atoms with E-state index in [9.17, 15) is 10.1 Å². The van der Waals surface area contributed by atoms with Gasteiger partial charge in [-0.2, -0.15) is 5.26 Å². The molecular weight excluding hydrogens is 258 g/mol. The van der Waals surface area contributed by atoms with Crippen LogP contribution in [-0.2, 0) is 0 Å². The lowest BCUT2D eigenvalue weighted by Crippen LogP contribution is -2.11. The molecule has 0 aliphatic heterocycles. The molecule has 1 unspecified atom stereocenters. The zero-order valence-electron chi connectivity index (χ0n) is 11.4. The summed E-state index contributed by atoms with van der Waals surface area (Å²) >= 11 is 0. The smallest absolute Gasteiger partial charge is 0.184 e. The molecule has 0 spiro atoms. The average Bonchev–Trinajstić information content (AvgIpc) is 2.56. The minimum atomic E-state index is -0.757. The first-order chi connectivity index (χ1) is 10.3. The third-order valence-electron chi connectivity index (χ3n) is 3.56. The molecule has 2 heteroatoms. The summed E-state index contributed by atoms with van der Waals surface area (Å²) in [7, 11) is 0. The molecule has 0 heterocycles. The molecule has 0 bridgehead atoms. The number of carbonyl (C=O) groups is 1. The Morgan fingerprint density at radius 1 is 0.857 bits per heavy atom. The van der Waals surface area contributed by atoms with Crippen molar-refractivity contribution < 1.29 is 4.79 Å². The predicted molar refractivity (Wildman–Crippen MR) is 83.1 cm³/mol. The third-order valence-corrected chi connectivity index (χ3v) is 3.56. The normalized spacial score (nSPS) is 11.8. The van der Waals surface area contributed by atoms with E-state index < -0.39 is 5.92 Å². The quantitative estimate of drug-likeness (QED) is 0.665. The van der Waals surface area contributed by atoms with E-state index in [1.807, 2.05) is 66.7 Å². The van der Waals surface area contributed by atoms with E-state index in [1.54, 1.807) is 6.07 Å². The van der Waals surface area contributed by atoms with Crippen LogP contribution < -0.4 is 0 Å². The number of Topliss-reactive ketones (excluding diaryl/α,β-unsaturated/α-hetero) is 1. The lowest BCUT2D eigenvalue weighted by molar-refractivity contribution is 0.0979. The molecule has 0 fully saturated rings. The van der Waals surface area contributed by atoms with Gasteiger partial charge in [-0.25, -0.2) is 0 Å². The maximum atomic E-state index is 12.6. The van der Waals surface area contributed by atoms with E-state index in [0.29, 0.717) is 5.56 Å². The largest absolute Gasteiger partial charge is 0.292 e. The molecule has 0 saturated carbocycles. The molecule has 0 N–H and O–H groups in total. The van der Waals surface area contributed by atoms with Gasteiger partial charge in [-0.1, -0.05) is 66.7 Å². The van der Waals surface area contributed by atoms with E-state index in [-0.39, 0.29) is 5.78 Å². The van der Waals surface area contributed by atoms with Crippen LogP contribution in [0.2, 0.25) is 0 Å². The van der Waals surface area contributed by atoms with Crippen LogP contribution in [-0.4, -0.2) is 5.78 Å². The van der Waals surface area contributed by atoms with Crippen molar-refractivity contribution in [1.82, 2.24) is 0 Å². The minimum Gasteiger partial charge on any atom is -0.292 e. The number of rotatable bonds is 3. The maximum Gasteiger partial charge on any atom is 0.184 e. The van der Waals surface area contributed by atoms with Crippen LogP contribution >= 0.6 is 0 Å². The molecule has 3 aromatic rings. The van der Waals surface area contributed by atoms with Crippen molar-refractivity contribution >= 4 is 16.6 Å². The summed E-state index contributed by atoms with van der Waals surface area (Å²) in [4.78, 5) is 12.6. The van der Waals surface area contributed by atoms with Crippen LogP contribution in [0.4, 0.5) is 0 Å². The number of nitrogens with zero attached hydrogens (tertiary/aromatic N) is 1. The maximum absolute atomic E-state index is 12.6. The van der Waals surface area contributed by atoms with Crippen molar-refractivity contribution in [3.63, 3.8) is 0 Å². The molecule has 3 aromatic carbocycles. The summed E-state index contributed by atoms with van der Waals surface area (Å²) in [6.07, 6.45) is 0. The Morgan fingerprint density at radius 2 is 1.52 bits per heavy atom. The number of benzene rings is 3. The predicted octanol–water partition coefficient (Wildman–Crippen LogP) is 4.33. The van der Waals surface area contributed by atoms with Gasteiger partial charge in [0, 0.05) is 5.56 Å². The van der Waals surface area contributed by atoms with Crippen LogP contribution in [0.3, 0.4) is 0 Å². The number of carbonyl (C=O) groups excluding carboxylic acids is 1. The summed E-state index contributed by atoms with van der Waals surface area (Å²) in [6.45, 7) is 0. The Morgan fingerprint density at radius 3 is 2.24 bits per heavy atom. The van der Waals surface area contributed by atoms with Gasteiger partial charge in [0.25, 0.3) is 0 Å². The van der Waals surface area contributed by atoms with Gasteiger partial charge in [-0.15, -0.1) is 0 Å². The van der Waals surface area contributed by atoms with Gasteiger partial charge >= 0.3 is 0 Å². The molecule has 2 nitrogen and oxygen atoms in total. The van der Waals surface area contributed by atoms with E-state index in [4.69, 9.17) is 0 Å². The van der Waals surface area contributed by atoms with Gasteiger partial charge in [0.1, 0.15) is 5.92 Å². The highest BCUT2D eigenvalue weighted by molar-refractivity contribution is 6.05. The second-order valence-corrected chi connectivity index (χ2v) is 4.90. The number of ketones is 1. The standard InChI is InChI=1S/C19H13NO/c20-13-18(15-7-2-1-3-8-15)19(21)17-11-10-14-6-4-5-9-16(14)12-17/h1-12,18H. The van der Waals surface area contributed by atoms with Gasteiger partial charge in [0.15, 0.2) is 5.78 Å². The van der Waals surface area contributed by atoms with Crippen molar-refractivity contribution in [2.24, 2.45) is 0 Å². The first-order valence-corrected chi connectivity index (χ1v) is 6.77. The molecule has 100 valence electrons. The molecule has 1 atom stereocenters. The van der Waals surface area contributed by atoms with Crippen LogP contribution in [0, 0.1) is 11.3 Å². The number of nitriles is 1. The zero-order valence-corrected chi connectivity index (χ0v) is 11.4. The molecule has 0 saturated heterocycles. The highest BCUT2D eigenvalue weighted by atomic mass is 16.1. The molecule has 0 aliphatic carbocycles. The van der Waals surface area contributed by atoms with Gasteiger partial charge < -0.3 is 0 Å². The SMILES string of the molecule is N#CC(C(=O)c1ccc2ccccc2c1)c1ccccc1. The van der Waals surface area contributed by atoms with Crippen LogP contribution in [0.15, 0.2) is 72.8 Å². The van der Waals surface area contributed by atoms with Crippen LogP contribution in [0.5, 0.6) is 0 Å². The van der Waals surface area contributed by atoms with Crippen molar-refractivity contribution in [3.05, 3.63) is 83.9 Å². The number of hydrogen-bond donors (Lipinski definition) is 0. The molecule has 0 radical (unpaired) electrons. The number of fused-ring (bicyclic) bond motifs is 1. The van der Waals surface area contributed by atoms with E-state index >= 15 is 0 Å². The van der Waals surface area contributed by atoms with Gasteiger partial charge in [0.2, 0.25) is 0 Å². The molecule has 0 aromatic heterocycles. The van der Waals surface area contributed by atoms with Gasteiger partial charge in [-0.3, -0.25) is 4.79 Å². The van der Waals surface area contributed by atoms with Crippen molar-refractivity contribution in [3.8, 4) is 6.07 Å². The Hall–Kier alpha value is -2.92. The summed E-state index contributed by atoms with van der Waals surface area (Å²) < 4.78 is 0. The zero-order chi connectivity index (χ0) is 14.7. The lowest BCUT2D eigenvalue weighted by Gasteiger charge is -2.09. The summed E-state index contributed by atoms with van der Waals surface area (Å²) in [6, 6.07) is 24.7. The average molecular weight is 271 g/mol. The third kappa shape index (κ3) is 2.54. The molecule has 0 aliphatic rings. The monoisotopic (exact) mass is 271 g/mol. The van der Waals surface area contributed by atoms with E-state index in [1.165, 1.54) is 0 Å². The Kier molecular flexibility index (Phi) is 3.49. The molecular formula is C19H13NO. The highest BCUT2D eigenvalue weighted by Gasteiger charge is 2.21. The van der Waals surface area contributed by atoms with Crippen LogP contribution in [0.25, 0.3) is 10.8 Å². The van der Waals surface area contributed by atoms with Crippen molar-refractivity contribution in [2.45, 2.75) is 5.92 Å². The molecule has 3 rings (SSSR count). The summed E-state index contributed by atoms with van der Waals surface area (Å²) in [5, 5.41) is 11.4. The fourth-order valence-corrected chi connectivity index (χ4v) is 2.44. The van der Waals surface area contributed by atoms with Gasteiger partial charge in [-0.05, 0) is 22.4 Å². The Bertz CT molecular complexity index is 831. The fraction of sp³-hybridized carbons (Fsp3) is 0.0526. The number of hydrogen-bond acceptors (Lipinski definition) is 2. The second kappa shape index (κ2) is 5.60. The minimum absolute atomic E-state index is 0.158. The lowest BCUT2D eigenvalue weighted by atomic mass is 9.91. The Labute approximate surface area is 123 Å². The first kappa shape index (κ1) is 13.1. The van der Waals surface area contributed by atoms with Crippen LogP contribution in [0.1, 0.15) is 21.8 Å². The van der Waals surface area contributed by atoms with E-state index in [2.05, 4.69) is 6.07 Å². The van der Waals surface area contributed by atoms with Crippen molar-refractivity contribution in [1.29, 1.82) is 5.26 Å². The van der Waals surface area contributed by atoms with Gasteiger partial charge in [0.05, 0.1) is 6.07 Å². The van der Waals surface area contributed by atoms with Crippen molar-refractivity contribution in [2.75, 3.05) is 0 Å². The summed E-state index contributed by atoms with van der Waals surface area (Å²) in [5.41, 5.74) is 1.31. The Balaban J connectivity index is 2.01.